The molecule has 146 valence electrons. The summed E-state index contributed by atoms with van der Waals surface area (Å²) in [5.41, 5.74) is 3.69. The fraction of sp³-hybridized carbons (Fsp3) is 0.0909. The number of rotatable bonds is 5. The van der Waals surface area contributed by atoms with Gasteiger partial charge in [0, 0.05) is 28.7 Å². The number of hydrogen-bond donors (Lipinski definition) is 2. The molecule has 0 saturated heterocycles. The van der Waals surface area contributed by atoms with Crippen molar-refractivity contribution in [3.8, 4) is 16.9 Å². The van der Waals surface area contributed by atoms with Crippen molar-refractivity contribution in [2.75, 3.05) is 0 Å². The number of carbonyl (C=O) groups is 1. The quantitative estimate of drug-likeness (QED) is 0.433. The highest BCUT2D eigenvalue weighted by Crippen LogP contribution is 2.29. The normalized spacial score (nSPS) is 12.0. The zero-order valence-corrected chi connectivity index (χ0v) is 17.1. The number of benzene rings is 2. The van der Waals surface area contributed by atoms with Gasteiger partial charge >= 0.3 is 0 Å². The summed E-state index contributed by atoms with van der Waals surface area (Å²) in [7, 11) is 0. The smallest absolute Gasteiger partial charge is 0.269 e. The van der Waals surface area contributed by atoms with Gasteiger partial charge in [-0.1, -0.05) is 35.3 Å². The lowest BCUT2D eigenvalue weighted by atomic mass is 10.1. The molecule has 2 aromatic heterocycles. The van der Waals surface area contributed by atoms with Crippen molar-refractivity contribution < 1.29 is 4.79 Å². The summed E-state index contributed by atoms with van der Waals surface area (Å²) in [6.07, 6.45) is 3.97. The molecule has 1 atom stereocenters. The standard InChI is InChI=1S/C22H18Cl2N4O/c1-14(15-5-4-6-17(11-15)28-9-2-3-10-28)25-22(29)21-13-20(26-27-21)18-8-7-16(23)12-19(18)24/h2-14H,1H3,(H,25,29)(H,26,27). The molecule has 5 nitrogen and oxygen atoms in total. The fourth-order valence-corrected chi connectivity index (χ4v) is 3.60. The minimum atomic E-state index is -0.243. The number of nitrogens with zero attached hydrogens (tertiary/aromatic N) is 2. The largest absolute Gasteiger partial charge is 0.344 e. The van der Waals surface area contributed by atoms with E-state index in [0.29, 0.717) is 27.0 Å². The van der Waals surface area contributed by atoms with Gasteiger partial charge in [-0.3, -0.25) is 9.89 Å². The van der Waals surface area contributed by atoms with Gasteiger partial charge in [0.1, 0.15) is 5.69 Å². The maximum atomic E-state index is 12.7. The molecule has 0 fully saturated rings. The molecule has 4 rings (SSSR count). The molecule has 0 radical (unpaired) electrons. The van der Waals surface area contributed by atoms with Crippen molar-refractivity contribution in [3.05, 3.63) is 94.4 Å². The SMILES string of the molecule is CC(NC(=O)c1cc(-c2ccc(Cl)cc2Cl)n[nH]1)c1cccc(-n2cccc2)c1. The Bertz CT molecular complexity index is 1150. The van der Waals surface area contributed by atoms with Crippen LogP contribution in [0.5, 0.6) is 0 Å². The number of amides is 1. The van der Waals surface area contributed by atoms with Crippen molar-refractivity contribution in [1.82, 2.24) is 20.1 Å². The molecule has 0 aliphatic rings. The van der Waals surface area contributed by atoms with Crippen LogP contribution in [-0.2, 0) is 0 Å². The predicted octanol–water partition coefficient (Wildman–Crippen LogP) is 5.67. The van der Waals surface area contributed by atoms with E-state index in [1.807, 2.05) is 54.2 Å². The van der Waals surface area contributed by atoms with E-state index >= 15 is 0 Å². The first-order valence-corrected chi connectivity index (χ1v) is 9.82. The molecule has 2 N–H and O–H groups in total. The third kappa shape index (κ3) is 4.21. The summed E-state index contributed by atoms with van der Waals surface area (Å²) >= 11 is 12.2. The van der Waals surface area contributed by atoms with E-state index < -0.39 is 0 Å². The highest BCUT2D eigenvalue weighted by Gasteiger charge is 2.16. The lowest BCUT2D eigenvalue weighted by molar-refractivity contribution is 0.0935. The summed E-state index contributed by atoms with van der Waals surface area (Å²) in [4.78, 5) is 12.7. The van der Waals surface area contributed by atoms with E-state index in [1.165, 1.54) is 0 Å². The monoisotopic (exact) mass is 424 g/mol. The molecule has 1 unspecified atom stereocenters. The third-order valence-electron chi connectivity index (χ3n) is 4.65. The van der Waals surface area contributed by atoms with Crippen LogP contribution in [0, 0.1) is 0 Å². The molecular weight excluding hydrogens is 407 g/mol. The third-order valence-corrected chi connectivity index (χ3v) is 5.20. The first-order valence-electron chi connectivity index (χ1n) is 9.06. The van der Waals surface area contributed by atoms with Gasteiger partial charge in [0.25, 0.3) is 5.91 Å². The molecule has 2 aromatic carbocycles. The van der Waals surface area contributed by atoms with Crippen molar-refractivity contribution >= 4 is 29.1 Å². The average molecular weight is 425 g/mol. The van der Waals surface area contributed by atoms with Gasteiger partial charge in [0.15, 0.2) is 0 Å². The topological polar surface area (TPSA) is 62.7 Å². The second-order valence-corrected chi connectivity index (χ2v) is 7.52. The first kappa shape index (κ1) is 19.3. The Balaban J connectivity index is 1.50. The van der Waals surface area contributed by atoms with E-state index in [1.54, 1.807) is 24.3 Å². The fourth-order valence-electron chi connectivity index (χ4n) is 3.09. The molecule has 1 amide bonds. The van der Waals surface area contributed by atoms with Crippen LogP contribution in [0.1, 0.15) is 29.0 Å². The highest BCUT2D eigenvalue weighted by molar-refractivity contribution is 6.36. The van der Waals surface area contributed by atoms with Crippen LogP contribution in [0.3, 0.4) is 0 Å². The van der Waals surface area contributed by atoms with Crippen molar-refractivity contribution in [2.45, 2.75) is 13.0 Å². The number of hydrogen-bond acceptors (Lipinski definition) is 2. The predicted molar refractivity (Wildman–Crippen MR) is 116 cm³/mol. The number of carbonyl (C=O) groups excluding carboxylic acids is 1. The van der Waals surface area contributed by atoms with Crippen LogP contribution >= 0.6 is 23.2 Å². The minimum Gasteiger partial charge on any atom is -0.344 e. The molecule has 0 aliphatic carbocycles. The van der Waals surface area contributed by atoms with Crippen molar-refractivity contribution in [1.29, 1.82) is 0 Å². The molecule has 0 saturated carbocycles. The van der Waals surface area contributed by atoms with E-state index in [4.69, 9.17) is 23.2 Å². The van der Waals surface area contributed by atoms with Crippen LogP contribution in [0.25, 0.3) is 16.9 Å². The molecule has 0 bridgehead atoms. The second kappa shape index (κ2) is 8.15. The summed E-state index contributed by atoms with van der Waals surface area (Å²) in [6, 6.07) is 18.6. The Labute approximate surface area is 178 Å². The second-order valence-electron chi connectivity index (χ2n) is 6.67. The van der Waals surface area contributed by atoms with Gasteiger partial charge in [-0.05, 0) is 61.0 Å². The molecule has 4 aromatic rings. The van der Waals surface area contributed by atoms with Crippen molar-refractivity contribution in [2.24, 2.45) is 0 Å². The number of aromatic nitrogens is 3. The Morgan fingerprint density at radius 3 is 2.62 bits per heavy atom. The summed E-state index contributed by atoms with van der Waals surface area (Å²) in [6.45, 7) is 1.94. The zero-order valence-electron chi connectivity index (χ0n) is 15.6. The van der Waals surface area contributed by atoms with Crippen LogP contribution in [0.4, 0.5) is 0 Å². The maximum absolute atomic E-state index is 12.7. The first-order chi connectivity index (χ1) is 14.0. The van der Waals surface area contributed by atoms with E-state index in [2.05, 4.69) is 21.6 Å². The van der Waals surface area contributed by atoms with Gasteiger partial charge in [-0.2, -0.15) is 5.10 Å². The molecule has 0 spiro atoms. The van der Waals surface area contributed by atoms with Gasteiger partial charge < -0.3 is 9.88 Å². The minimum absolute atomic E-state index is 0.177. The number of halogens is 2. The Morgan fingerprint density at radius 2 is 1.86 bits per heavy atom. The molecular formula is C22H18Cl2N4O. The summed E-state index contributed by atoms with van der Waals surface area (Å²) < 4.78 is 2.02. The number of H-pyrrole nitrogens is 1. The number of aromatic amines is 1. The van der Waals surface area contributed by atoms with E-state index in [-0.39, 0.29) is 11.9 Å². The maximum Gasteiger partial charge on any atom is 0.269 e. The lowest BCUT2D eigenvalue weighted by Crippen LogP contribution is -2.27. The molecule has 7 heteroatoms. The van der Waals surface area contributed by atoms with Crippen molar-refractivity contribution in [3.63, 3.8) is 0 Å². The molecule has 29 heavy (non-hydrogen) atoms. The highest BCUT2D eigenvalue weighted by atomic mass is 35.5. The molecule has 0 aliphatic heterocycles. The Hall–Kier alpha value is -3.02. The lowest BCUT2D eigenvalue weighted by Gasteiger charge is -2.15. The number of nitrogens with one attached hydrogen (secondary N) is 2. The van der Waals surface area contributed by atoms with Crippen LogP contribution in [0.2, 0.25) is 10.0 Å². The molecule has 2 heterocycles. The van der Waals surface area contributed by atoms with Gasteiger partial charge in [0.05, 0.1) is 16.8 Å². The average Bonchev–Trinajstić information content (AvgIpc) is 3.40. The van der Waals surface area contributed by atoms with Gasteiger partial charge in [-0.25, -0.2) is 0 Å². The van der Waals surface area contributed by atoms with E-state index in [9.17, 15) is 4.79 Å². The van der Waals surface area contributed by atoms with Crippen LogP contribution in [0.15, 0.2) is 73.1 Å². The summed E-state index contributed by atoms with van der Waals surface area (Å²) in [5.74, 6) is -0.243. The van der Waals surface area contributed by atoms with E-state index in [0.717, 1.165) is 11.3 Å². The zero-order chi connectivity index (χ0) is 20.4. The summed E-state index contributed by atoms with van der Waals surface area (Å²) in [5, 5.41) is 11.0. The van der Waals surface area contributed by atoms with Gasteiger partial charge in [-0.15, -0.1) is 0 Å². The van der Waals surface area contributed by atoms with Crippen LogP contribution in [-0.4, -0.2) is 20.7 Å². The van der Waals surface area contributed by atoms with Crippen LogP contribution < -0.4 is 5.32 Å². The Kier molecular flexibility index (Phi) is 5.43. The Morgan fingerprint density at radius 1 is 1.07 bits per heavy atom. The van der Waals surface area contributed by atoms with Gasteiger partial charge in [0.2, 0.25) is 0 Å².